The maximum absolute atomic E-state index is 5.44. The number of nitrogens with one attached hydrogen (secondary N) is 1. The fraction of sp³-hybridized carbons (Fsp3) is 0.200. The highest BCUT2D eigenvalue weighted by molar-refractivity contribution is 9.10. The van der Waals surface area contributed by atoms with Crippen molar-refractivity contribution in [2.24, 2.45) is 0 Å². The van der Waals surface area contributed by atoms with Crippen LogP contribution in [-0.4, -0.2) is 13.7 Å². The molecular weight excluding hydrogens is 350 g/mol. The van der Waals surface area contributed by atoms with E-state index in [4.69, 9.17) is 4.74 Å². The zero-order chi connectivity index (χ0) is 16.1. The summed E-state index contributed by atoms with van der Waals surface area (Å²) in [6.07, 6.45) is 0.946. The first-order valence-corrected chi connectivity index (χ1v) is 8.57. The molecule has 0 aromatic heterocycles. The molecular formula is C20H20BrNO. The Morgan fingerprint density at radius 3 is 2.65 bits per heavy atom. The van der Waals surface area contributed by atoms with E-state index in [2.05, 4.69) is 75.8 Å². The second kappa shape index (κ2) is 7.62. The van der Waals surface area contributed by atoms with Gasteiger partial charge in [0.05, 0.1) is 7.11 Å². The number of hydrogen-bond acceptors (Lipinski definition) is 2. The summed E-state index contributed by atoms with van der Waals surface area (Å²) in [6, 6.07) is 21.2. The molecule has 0 heterocycles. The smallest absolute Gasteiger partial charge is 0.123 e. The zero-order valence-electron chi connectivity index (χ0n) is 13.2. The van der Waals surface area contributed by atoms with Crippen LogP contribution in [0.5, 0.6) is 5.75 Å². The number of halogens is 1. The highest BCUT2D eigenvalue weighted by atomic mass is 79.9. The summed E-state index contributed by atoms with van der Waals surface area (Å²) >= 11 is 3.48. The van der Waals surface area contributed by atoms with Gasteiger partial charge in [0.2, 0.25) is 0 Å². The van der Waals surface area contributed by atoms with Crippen molar-refractivity contribution in [2.75, 3.05) is 13.7 Å². The van der Waals surface area contributed by atoms with E-state index in [0.717, 1.165) is 29.7 Å². The minimum Gasteiger partial charge on any atom is -0.496 e. The van der Waals surface area contributed by atoms with Crippen LogP contribution >= 0.6 is 15.9 Å². The minimum absolute atomic E-state index is 0.875. The second-order valence-corrected chi connectivity index (χ2v) is 6.44. The molecule has 0 aliphatic carbocycles. The van der Waals surface area contributed by atoms with E-state index < -0.39 is 0 Å². The molecule has 0 fully saturated rings. The van der Waals surface area contributed by atoms with Crippen molar-refractivity contribution in [1.82, 2.24) is 5.32 Å². The van der Waals surface area contributed by atoms with Gasteiger partial charge in [0.1, 0.15) is 5.75 Å². The van der Waals surface area contributed by atoms with Gasteiger partial charge in [0, 0.05) is 11.0 Å². The zero-order valence-corrected chi connectivity index (χ0v) is 14.8. The number of ether oxygens (including phenoxy) is 1. The fourth-order valence-electron chi connectivity index (χ4n) is 2.82. The summed E-state index contributed by atoms with van der Waals surface area (Å²) in [7, 11) is 1.72. The maximum Gasteiger partial charge on any atom is 0.123 e. The van der Waals surface area contributed by atoms with Gasteiger partial charge in [-0.3, -0.25) is 0 Å². The van der Waals surface area contributed by atoms with Gasteiger partial charge in [-0.05, 0) is 47.0 Å². The molecule has 2 nitrogen and oxygen atoms in total. The molecule has 1 N–H and O–H groups in total. The number of hydrogen-bond donors (Lipinski definition) is 1. The van der Waals surface area contributed by atoms with Crippen molar-refractivity contribution < 1.29 is 4.74 Å². The Hall–Kier alpha value is -1.84. The quantitative estimate of drug-likeness (QED) is 0.621. The third-order valence-electron chi connectivity index (χ3n) is 4.02. The topological polar surface area (TPSA) is 21.3 Å². The van der Waals surface area contributed by atoms with Gasteiger partial charge in [0.25, 0.3) is 0 Å². The molecule has 0 saturated heterocycles. The lowest BCUT2D eigenvalue weighted by molar-refractivity contribution is 0.409. The summed E-state index contributed by atoms with van der Waals surface area (Å²) < 4.78 is 6.48. The Balaban J connectivity index is 1.61. The number of benzene rings is 3. The van der Waals surface area contributed by atoms with Crippen LogP contribution in [0.2, 0.25) is 0 Å². The Morgan fingerprint density at radius 2 is 1.78 bits per heavy atom. The lowest BCUT2D eigenvalue weighted by atomic mass is 10.0. The van der Waals surface area contributed by atoms with E-state index in [1.165, 1.54) is 21.9 Å². The van der Waals surface area contributed by atoms with E-state index in [0.29, 0.717) is 0 Å². The van der Waals surface area contributed by atoms with Gasteiger partial charge >= 0.3 is 0 Å². The minimum atomic E-state index is 0.875. The van der Waals surface area contributed by atoms with Crippen molar-refractivity contribution >= 4 is 26.7 Å². The second-order valence-electron chi connectivity index (χ2n) is 5.52. The molecule has 0 unspecified atom stereocenters. The highest BCUT2D eigenvalue weighted by Crippen LogP contribution is 2.23. The summed E-state index contributed by atoms with van der Waals surface area (Å²) in [6.45, 7) is 1.79. The molecule has 0 amide bonds. The first kappa shape index (κ1) is 16.0. The van der Waals surface area contributed by atoms with Crippen LogP contribution in [0.25, 0.3) is 10.8 Å². The lowest BCUT2D eigenvalue weighted by Gasteiger charge is -2.11. The number of fused-ring (bicyclic) bond motifs is 1. The van der Waals surface area contributed by atoms with E-state index in [9.17, 15) is 0 Å². The summed E-state index contributed by atoms with van der Waals surface area (Å²) in [4.78, 5) is 0. The van der Waals surface area contributed by atoms with Crippen molar-refractivity contribution in [1.29, 1.82) is 0 Å². The van der Waals surface area contributed by atoms with Gasteiger partial charge in [-0.25, -0.2) is 0 Å². The van der Waals surface area contributed by atoms with Crippen molar-refractivity contribution in [3.05, 3.63) is 76.3 Å². The third-order valence-corrected chi connectivity index (χ3v) is 4.51. The summed E-state index contributed by atoms with van der Waals surface area (Å²) in [5.41, 5.74) is 2.56. The molecule has 0 aliphatic rings. The molecule has 3 aromatic rings. The third kappa shape index (κ3) is 3.92. The van der Waals surface area contributed by atoms with Crippen molar-refractivity contribution in [3.8, 4) is 5.75 Å². The number of methoxy groups -OCH3 is 1. The van der Waals surface area contributed by atoms with Crippen LogP contribution < -0.4 is 10.1 Å². The molecule has 0 spiro atoms. The normalized spacial score (nSPS) is 10.9. The van der Waals surface area contributed by atoms with E-state index >= 15 is 0 Å². The predicted molar refractivity (Wildman–Crippen MR) is 100 cm³/mol. The van der Waals surface area contributed by atoms with Crippen LogP contribution in [0.1, 0.15) is 11.1 Å². The first-order valence-electron chi connectivity index (χ1n) is 7.77. The summed E-state index contributed by atoms with van der Waals surface area (Å²) in [5, 5.41) is 6.16. The van der Waals surface area contributed by atoms with E-state index in [-0.39, 0.29) is 0 Å². The Kier molecular flexibility index (Phi) is 5.31. The summed E-state index contributed by atoms with van der Waals surface area (Å²) in [5.74, 6) is 0.936. The van der Waals surface area contributed by atoms with Gasteiger partial charge in [-0.2, -0.15) is 0 Å². The average Bonchev–Trinajstić information content (AvgIpc) is 2.59. The molecule has 3 rings (SSSR count). The molecule has 118 valence electrons. The van der Waals surface area contributed by atoms with Crippen LogP contribution in [0.4, 0.5) is 0 Å². The first-order chi connectivity index (χ1) is 11.3. The molecule has 23 heavy (non-hydrogen) atoms. The highest BCUT2D eigenvalue weighted by Gasteiger charge is 2.04. The molecule has 0 aliphatic heterocycles. The Labute approximate surface area is 145 Å². The van der Waals surface area contributed by atoms with Crippen LogP contribution in [0.3, 0.4) is 0 Å². The molecule has 3 aromatic carbocycles. The molecule has 0 bridgehead atoms. The maximum atomic E-state index is 5.44. The monoisotopic (exact) mass is 369 g/mol. The van der Waals surface area contributed by atoms with Gasteiger partial charge in [0.15, 0.2) is 0 Å². The molecule has 3 heteroatoms. The largest absolute Gasteiger partial charge is 0.496 e. The fourth-order valence-corrected chi connectivity index (χ4v) is 3.16. The van der Waals surface area contributed by atoms with E-state index in [1.807, 2.05) is 6.07 Å². The molecule has 0 radical (unpaired) electrons. The van der Waals surface area contributed by atoms with Gasteiger partial charge in [-0.15, -0.1) is 0 Å². The van der Waals surface area contributed by atoms with Crippen LogP contribution in [0.15, 0.2) is 65.1 Å². The lowest BCUT2D eigenvalue weighted by Crippen LogP contribution is -2.17. The Morgan fingerprint density at radius 1 is 0.957 bits per heavy atom. The van der Waals surface area contributed by atoms with Crippen LogP contribution in [-0.2, 0) is 13.0 Å². The average molecular weight is 370 g/mol. The predicted octanol–water partition coefficient (Wildman–Crippen LogP) is 4.94. The standard InChI is InChI=1S/C20H20BrNO/c1-23-20-13-18(21)10-9-16(20)11-12-22-14-17-7-4-6-15-5-2-3-8-19(15)17/h2-10,13,22H,11-12,14H2,1H3. The van der Waals surface area contributed by atoms with Crippen molar-refractivity contribution in [3.63, 3.8) is 0 Å². The molecule has 0 saturated carbocycles. The van der Waals surface area contributed by atoms with Gasteiger partial charge in [-0.1, -0.05) is 64.5 Å². The number of rotatable bonds is 6. The van der Waals surface area contributed by atoms with Crippen LogP contribution in [0, 0.1) is 0 Å². The van der Waals surface area contributed by atoms with Gasteiger partial charge < -0.3 is 10.1 Å². The molecule has 0 atom stereocenters. The Bertz CT molecular complexity index is 795. The van der Waals surface area contributed by atoms with E-state index in [1.54, 1.807) is 7.11 Å². The van der Waals surface area contributed by atoms with Crippen molar-refractivity contribution in [2.45, 2.75) is 13.0 Å². The SMILES string of the molecule is COc1cc(Br)ccc1CCNCc1cccc2ccccc12.